The number of imidazole rings is 1. The zero-order valence-electron chi connectivity index (χ0n) is 12.4. The molecule has 0 amide bonds. The van der Waals surface area contributed by atoms with E-state index < -0.39 is 0 Å². The first-order valence-corrected chi connectivity index (χ1v) is 8.15. The third kappa shape index (κ3) is 2.90. The Morgan fingerprint density at radius 3 is 2.90 bits per heavy atom. The lowest BCUT2D eigenvalue weighted by molar-refractivity contribution is 0.723. The molecule has 3 heterocycles. The van der Waals surface area contributed by atoms with Crippen molar-refractivity contribution >= 4 is 21.4 Å². The molecule has 0 radical (unpaired) electrons. The topological polar surface area (TPSA) is 46.3 Å². The first kappa shape index (κ1) is 14.0. The molecule has 21 heavy (non-hydrogen) atoms. The molecule has 0 fully saturated rings. The van der Waals surface area contributed by atoms with Gasteiger partial charge in [-0.25, -0.2) is 9.50 Å². The van der Waals surface area contributed by atoms with Gasteiger partial charge in [0.2, 0.25) is 10.1 Å². The van der Waals surface area contributed by atoms with E-state index in [2.05, 4.69) is 33.8 Å². The number of anilines is 1. The van der Waals surface area contributed by atoms with Crippen LogP contribution in [-0.2, 0) is 0 Å². The minimum Gasteiger partial charge on any atom is -0.347 e. The number of unbranched alkanes of at least 4 members (excludes halogenated alkanes) is 1. The maximum Gasteiger partial charge on any atom is 0.214 e. The van der Waals surface area contributed by atoms with Crippen LogP contribution in [0.4, 0.5) is 5.13 Å². The molecule has 0 aliphatic rings. The van der Waals surface area contributed by atoms with Gasteiger partial charge in [-0.3, -0.25) is 4.98 Å². The van der Waals surface area contributed by atoms with Crippen LogP contribution in [-0.4, -0.2) is 32.7 Å². The Bertz CT molecular complexity index is 672. The maximum absolute atomic E-state index is 4.66. The summed E-state index contributed by atoms with van der Waals surface area (Å²) in [5.74, 6) is 0. The quantitative estimate of drug-likeness (QED) is 0.699. The summed E-state index contributed by atoms with van der Waals surface area (Å²) >= 11 is 1.64. The molecule has 0 spiro atoms. The highest BCUT2D eigenvalue weighted by molar-refractivity contribution is 7.20. The Morgan fingerprint density at radius 1 is 1.33 bits per heavy atom. The van der Waals surface area contributed by atoms with Crippen LogP contribution >= 0.6 is 11.3 Å². The van der Waals surface area contributed by atoms with Crippen molar-refractivity contribution in [2.24, 2.45) is 0 Å². The predicted molar refractivity (Wildman–Crippen MR) is 86.9 cm³/mol. The van der Waals surface area contributed by atoms with Crippen molar-refractivity contribution in [3.63, 3.8) is 0 Å². The van der Waals surface area contributed by atoms with Gasteiger partial charge in [-0.05, 0) is 25.5 Å². The molecule has 3 aromatic heterocycles. The number of hydrogen-bond acceptors (Lipinski definition) is 5. The van der Waals surface area contributed by atoms with Gasteiger partial charge in [0.05, 0.1) is 11.9 Å². The minimum absolute atomic E-state index is 0.921. The van der Waals surface area contributed by atoms with Crippen LogP contribution in [0, 0.1) is 0 Å². The lowest BCUT2D eigenvalue weighted by atomic mass is 10.2. The van der Waals surface area contributed by atoms with Crippen molar-refractivity contribution in [3.8, 4) is 11.3 Å². The zero-order chi connectivity index (χ0) is 14.7. The molecule has 0 saturated heterocycles. The van der Waals surface area contributed by atoms with Crippen LogP contribution in [0.1, 0.15) is 26.7 Å². The SMILES string of the molecule is CCCCN(CC)c1nn2cc(-c3cccnc3)nc2s1. The Morgan fingerprint density at radius 2 is 2.24 bits per heavy atom. The third-order valence-electron chi connectivity index (χ3n) is 3.42. The predicted octanol–water partition coefficient (Wildman–Crippen LogP) is 3.48. The standard InChI is InChI=1S/C15H19N5S/c1-3-5-9-19(4-2)15-18-20-11-13(17-14(20)21-15)12-7-6-8-16-10-12/h6-8,10-11H,3-5,9H2,1-2H3. The molecule has 0 aliphatic heterocycles. The van der Waals surface area contributed by atoms with Crippen molar-refractivity contribution in [1.29, 1.82) is 0 Å². The van der Waals surface area contributed by atoms with E-state index in [-0.39, 0.29) is 0 Å². The number of hydrogen-bond donors (Lipinski definition) is 0. The van der Waals surface area contributed by atoms with Gasteiger partial charge in [0.1, 0.15) is 0 Å². The molecule has 0 atom stereocenters. The molecule has 0 bridgehead atoms. The Hall–Kier alpha value is -1.95. The molecule has 0 saturated carbocycles. The largest absolute Gasteiger partial charge is 0.347 e. The van der Waals surface area contributed by atoms with Crippen LogP contribution in [0.3, 0.4) is 0 Å². The molecule has 0 unspecified atom stereocenters. The van der Waals surface area contributed by atoms with E-state index in [1.54, 1.807) is 17.5 Å². The van der Waals surface area contributed by atoms with Crippen LogP contribution in [0.15, 0.2) is 30.7 Å². The van der Waals surface area contributed by atoms with Gasteiger partial charge in [-0.15, -0.1) is 5.10 Å². The summed E-state index contributed by atoms with van der Waals surface area (Å²) in [5.41, 5.74) is 1.94. The van der Waals surface area contributed by atoms with Crippen LogP contribution < -0.4 is 4.90 Å². The number of fused-ring (bicyclic) bond motifs is 1. The van der Waals surface area contributed by atoms with Crippen LogP contribution in [0.2, 0.25) is 0 Å². The number of rotatable bonds is 6. The van der Waals surface area contributed by atoms with Crippen LogP contribution in [0.25, 0.3) is 16.2 Å². The molecule has 3 aromatic rings. The van der Waals surface area contributed by atoms with E-state index in [0.717, 1.165) is 34.4 Å². The van der Waals surface area contributed by atoms with Crippen LogP contribution in [0.5, 0.6) is 0 Å². The highest BCUT2D eigenvalue weighted by atomic mass is 32.1. The third-order valence-corrected chi connectivity index (χ3v) is 4.41. The van der Waals surface area contributed by atoms with E-state index in [1.807, 2.05) is 29.0 Å². The summed E-state index contributed by atoms with van der Waals surface area (Å²) in [5, 5.41) is 5.71. The molecule has 0 aromatic carbocycles. The van der Waals surface area contributed by atoms with Gasteiger partial charge in [-0.1, -0.05) is 24.7 Å². The highest BCUT2D eigenvalue weighted by Crippen LogP contribution is 2.26. The highest BCUT2D eigenvalue weighted by Gasteiger charge is 2.13. The van der Waals surface area contributed by atoms with Gasteiger partial charge in [0.25, 0.3) is 0 Å². The average Bonchev–Trinajstić information content (AvgIpc) is 3.08. The fraction of sp³-hybridized carbons (Fsp3) is 0.400. The first-order valence-electron chi connectivity index (χ1n) is 7.33. The second-order valence-corrected chi connectivity index (χ2v) is 5.85. The van der Waals surface area contributed by atoms with Crippen molar-refractivity contribution < 1.29 is 0 Å². The normalized spacial score (nSPS) is 11.1. The van der Waals surface area contributed by atoms with Gasteiger partial charge in [-0.2, -0.15) is 0 Å². The van der Waals surface area contributed by atoms with E-state index in [9.17, 15) is 0 Å². The fourth-order valence-electron chi connectivity index (χ4n) is 2.21. The molecule has 110 valence electrons. The van der Waals surface area contributed by atoms with Gasteiger partial charge < -0.3 is 4.90 Å². The van der Waals surface area contributed by atoms with Crippen molar-refractivity contribution in [1.82, 2.24) is 19.6 Å². The number of pyridine rings is 1. The molecule has 0 aliphatic carbocycles. The van der Waals surface area contributed by atoms with Crippen molar-refractivity contribution in [2.75, 3.05) is 18.0 Å². The Kier molecular flexibility index (Phi) is 4.15. The van der Waals surface area contributed by atoms with Crippen molar-refractivity contribution in [3.05, 3.63) is 30.7 Å². The van der Waals surface area contributed by atoms with E-state index in [0.29, 0.717) is 0 Å². The zero-order valence-corrected chi connectivity index (χ0v) is 13.2. The average molecular weight is 301 g/mol. The van der Waals surface area contributed by atoms with Crippen molar-refractivity contribution in [2.45, 2.75) is 26.7 Å². The smallest absolute Gasteiger partial charge is 0.214 e. The summed E-state index contributed by atoms with van der Waals surface area (Å²) in [4.78, 5) is 12.0. The molecule has 5 nitrogen and oxygen atoms in total. The number of aromatic nitrogens is 4. The summed E-state index contributed by atoms with van der Waals surface area (Å²) in [6.07, 6.45) is 7.96. The lowest BCUT2D eigenvalue weighted by Crippen LogP contribution is -2.23. The minimum atomic E-state index is 0.921. The molecular weight excluding hydrogens is 282 g/mol. The van der Waals surface area contributed by atoms with Gasteiger partial charge in [0.15, 0.2) is 0 Å². The summed E-state index contributed by atoms with van der Waals surface area (Å²) in [7, 11) is 0. The second kappa shape index (κ2) is 6.22. The molecule has 3 rings (SSSR count). The monoisotopic (exact) mass is 301 g/mol. The van der Waals surface area contributed by atoms with Gasteiger partial charge in [0, 0.05) is 31.0 Å². The molecular formula is C15H19N5S. The maximum atomic E-state index is 4.66. The van der Waals surface area contributed by atoms with E-state index in [1.165, 1.54) is 12.8 Å². The number of nitrogens with zero attached hydrogens (tertiary/aromatic N) is 5. The van der Waals surface area contributed by atoms with E-state index in [4.69, 9.17) is 0 Å². The lowest BCUT2D eigenvalue weighted by Gasteiger charge is -2.18. The first-order chi connectivity index (χ1) is 10.3. The summed E-state index contributed by atoms with van der Waals surface area (Å²) in [6, 6.07) is 3.94. The summed E-state index contributed by atoms with van der Waals surface area (Å²) in [6.45, 7) is 6.41. The Labute approximate surface area is 128 Å². The fourth-order valence-corrected chi connectivity index (χ4v) is 3.18. The molecule has 0 N–H and O–H groups in total. The summed E-state index contributed by atoms with van der Waals surface area (Å²) < 4.78 is 1.87. The molecule has 6 heteroatoms. The van der Waals surface area contributed by atoms with E-state index >= 15 is 0 Å². The second-order valence-electron chi connectivity index (χ2n) is 4.91. The Balaban J connectivity index is 1.87. The van der Waals surface area contributed by atoms with Gasteiger partial charge >= 0.3 is 0 Å².